The molecule has 3 amide bonds. The van der Waals surface area contributed by atoms with E-state index < -0.39 is 23.3 Å². The lowest BCUT2D eigenvalue weighted by atomic mass is 10.0. The predicted octanol–water partition coefficient (Wildman–Crippen LogP) is -0.622. The van der Waals surface area contributed by atoms with E-state index in [0.29, 0.717) is 11.4 Å². The molecule has 19 heavy (non-hydrogen) atoms. The van der Waals surface area contributed by atoms with Gasteiger partial charge >= 0.3 is 0 Å². The van der Waals surface area contributed by atoms with Gasteiger partial charge in [-0.25, -0.2) is 0 Å². The highest BCUT2D eigenvalue weighted by Crippen LogP contribution is 2.33. The molecular formula is C12H13N3O4. The first-order valence-electron chi connectivity index (χ1n) is 5.59. The van der Waals surface area contributed by atoms with E-state index in [9.17, 15) is 14.4 Å². The van der Waals surface area contributed by atoms with Gasteiger partial charge in [0, 0.05) is 0 Å². The van der Waals surface area contributed by atoms with Crippen LogP contribution in [0.15, 0.2) is 24.3 Å². The summed E-state index contributed by atoms with van der Waals surface area (Å²) in [5.74, 6) is -1.64. The predicted molar refractivity (Wildman–Crippen MR) is 66.3 cm³/mol. The van der Waals surface area contributed by atoms with Gasteiger partial charge in [-0.2, -0.15) is 0 Å². The number of carbonyl (C=O) groups excluding carboxylic acids is 3. The van der Waals surface area contributed by atoms with Crippen LogP contribution in [0.1, 0.15) is 6.92 Å². The molecule has 1 aromatic rings. The third-order valence-corrected chi connectivity index (χ3v) is 2.74. The zero-order valence-corrected chi connectivity index (χ0v) is 10.2. The fourth-order valence-electron chi connectivity index (χ4n) is 1.65. The highest BCUT2D eigenvalue weighted by atomic mass is 16.5. The Morgan fingerprint density at radius 3 is 2.79 bits per heavy atom. The molecule has 0 spiro atoms. The first-order valence-corrected chi connectivity index (χ1v) is 5.59. The van der Waals surface area contributed by atoms with Gasteiger partial charge in [-0.05, 0) is 19.1 Å². The van der Waals surface area contributed by atoms with E-state index in [2.05, 4.69) is 10.6 Å². The van der Waals surface area contributed by atoms with Crippen LogP contribution in [0.4, 0.5) is 5.69 Å². The Labute approximate surface area is 109 Å². The second-order valence-electron chi connectivity index (χ2n) is 4.23. The first-order chi connectivity index (χ1) is 8.93. The van der Waals surface area contributed by atoms with Crippen LogP contribution in [0, 0.1) is 0 Å². The quantitative estimate of drug-likeness (QED) is 0.631. The largest absolute Gasteiger partial charge is 0.466 e. The smallest absolute Gasteiger partial charge is 0.278 e. The first kappa shape index (κ1) is 12.9. The topological polar surface area (TPSA) is 111 Å². The summed E-state index contributed by atoms with van der Waals surface area (Å²) in [5, 5.41) is 4.83. The van der Waals surface area contributed by atoms with Crippen molar-refractivity contribution in [2.75, 3.05) is 11.9 Å². The Morgan fingerprint density at radius 1 is 1.42 bits per heavy atom. The standard InChI is InChI=1S/C12H13N3O4/c1-12(10(17)14-6-9(13)16)11(18)15-7-4-2-3-5-8(7)19-12/h2-5H,6H2,1H3,(H2,13,16)(H,14,17)(H,15,18). The summed E-state index contributed by atoms with van der Waals surface area (Å²) in [5.41, 5.74) is 3.69. The van der Waals surface area contributed by atoms with Crippen molar-refractivity contribution in [3.8, 4) is 5.75 Å². The lowest BCUT2D eigenvalue weighted by Crippen LogP contribution is -2.59. The summed E-state index contributed by atoms with van der Waals surface area (Å²) in [4.78, 5) is 34.5. The maximum Gasteiger partial charge on any atom is 0.278 e. The maximum atomic E-state index is 12.0. The fourth-order valence-corrected chi connectivity index (χ4v) is 1.65. The SMILES string of the molecule is CC1(C(=O)NCC(N)=O)Oc2ccccc2NC1=O. The molecule has 0 aromatic heterocycles. The van der Waals surface area contributed by atoms with Gasteiger partial charge < -0.3 is 21.1 Å². The van der Waals surface area contributed by atoms with E-state index in [1.165, 1.54) is 6.92 Å². The summed E-state index contributed by atoms with van der Waals surface area (Å²) < 4.78 is 5.45. The number of fused-ring (bicyclic) bond motifs is 1. The molecule has 1 aliphatic heterocycles. The van der Waals surface area contributed by atoms with Gasteiger partial charge in [-0.15, -0.1) is 0 Å². The van der Waals surface area contributed by atoms with Crippen molar-refractivity contribution in [1.29, 1.82) is 0 Å². The number of hydrogen-bond donors (Lipinski definition) is 3. The van der Waals surface area contributed by atoms with E-state index in [0.717, 1.165) is 0 Å². The van der Waals surface area contributed by atoms with Gasteiger partial charge in [-0.1, -0.05) is 12.1 Å². The molecule has 0 saturated carbocycles. The van der Waals surface area contributed by atoms with Crippen LogP contribution in [0.25, 0.3) is 0 Å². The maximum absolute atomic E-state index is 12.0. The van der Waals surface area contributed by atoms with Gasteiger partial charge in [0.05, 0.1) is 12.2 Å². The Bertz CT molecular complexity index is 558. The molecule has 1 aliphatic rings. The number of carbonyl (C=O) groups is 3. The third-order valence-electron chi connectivity index (χ3n) is 2.74. The summed E-state index contributed by atoms with van der Waals surface area (Å²) in [6.07, 6.45) is 0. The lowest BCUT2D eigenvalue weighted by Gasteiger charge is -2.33. The molecule has 4 N–H and O–H groups in total. The molecule has 0 fully saturated rings. The molecule has 100 valence electrons. The number of para-hydroxylation sites is 2. The summed E-state index contributed by atoms with van der Waals surface area (Å²) >= 11 is 0. The van der Waals surface area contributed by atoms with Gasteiger partial charge in [0.15, 0.2) is 0 Å². The number of ether oxygens (including phenoxy) is 1. The van der Waals surface area contributed by atoms with Crippen LogP contribution in [-0.2, 0) is 14.4 Å². The van der Waals surface area contributed by atoms with Crippen molar-refractivity contribution in [2.24, 2.45) is 5.73 Å². The Balaban J connectivity index is 2.22. The van der Waals surface area contributed by atoms with Crippen molar-refractivity contribution >= 4 is 23.4 Å². The second kappa shape index (κ2) is 4.60. The highest BCUT2D eigenvalue weighted by Gasteiger charge is 2.47. The van der Waals surface area contributed by atoms with E-state index >= 15 is 0 Å². The van der Waals surface area contributed by atoms with Gasteiger partial charge in [0.2, 0.25) is 5.91 Å². The molecule has 0 saturated heterocycles. The molecule has 7 nitrogen and oxygen atoms in total. The van der Waals surface area contributed by atoms with E-state index in [-0.39, 0.29) is 6.54 Å². The van der Waals surface area contributed by atoms with Crippen LogP contribution in [0.3, 0.4) is 0 Å². The zero-order chi connectivity index (χ0) is 14.0. The average molecular weight is 263 g/mol. The normalized spacial score (nSPS) is 20.8. The van der Waals surface area contributed by atoms with Crippen LogP contribution in [-0.4, -0.2) is 29.9 Å². The van der Waals surface area contributed by atoms with Crippen molar-refractivity contribution < 1.29 is 19.1 Å². The fraction of sp³-hybridized carbons (Fsp3) is 0.250. The van der Waals surface area contributed by atoms with Crippen LogP contribution in [0.5, 0.6) is 5.75 Å². The molecule has 2 rings (SSSR count). The van der Waals surface area contributed by atoms with Crippen molar-refractivity contribution in [2.45, 2.75) is 12.5 Å². The van der Waals surface area contributed by atoms with Crippen molar-refractivity contribution in [3.05, 3.63) is 24.3 Å². The minimum absolute atomic E-state index is 0.354. The average Bonchev–Trinajstić information content (AvgIpc) is 2.37. The highest BCUT2D eigenvalue weighted by molar-refractivity contribution is 6.15. The second-order valence-corrected chi connectivity index (χ2v) is 4.23. The van der Waals surface area contributed by atoms with E-state index in [4.69, 9.17) is 10.5 Å². The molecule has 1 aromatic carbocycles. The monoisotopic (exact) mass is 263 g/mol. The molecule has 0 radical (unpaired) electrons. The molecule has 0 aliphatic carbocycles. The third kappa shape index (κ3) is 2.35. The number of primary amides is 1. The Hall–Kier alpha value is -2.57. The number of nitrogens with one attached hydrogen (secondary N) is 2. The van der Waals surface area contributed by atoms with Gasteiger partial charge in [0.1, 0.15) is 5.75 Å². The van der Waals surface area contributed by atoms with Crippen LogP contribution < -0.4 is 21.1 Å². The number of anilines is 1. The molecule has 1 heterocycles. The van der Waals surface area contributed by atoms with E-state index in [1.54, 1.807) is 24.3 Å². The molecule has 7 heteroatoms. The summed E-state index contributed by atoms with van der Waals surface area (Å²) in [7, 11) is 0. The Morgan fingerprint density at radius 2 is 2.11 bits per heavy atom. The summed E-state index contributed by atoms with van der Waals surface area (Å²) in [6, 6.07) is 6.75. The minimum atomic E-state index is -1.73. The van der Waals surface area contributed by atoms with Crippen molar-refractivity contribution in [3.63, 3.8) is 0 Å². The zero-order valence-electron chi connectivity index (χ0n) is 10.2. The molecule has 1 atom stereocenters. The van der Waals surface area contributed by atoms with E-state index in [1.807, 2.05) is 0 Å². The van der Waals surface area contributed by atoms with Gasteiger partial charge in [-0.3, -0.25) is 14.4 Å². The molecule has 1 unspecified atom stereocenters. The number of benzene rings is 1. The summed E-state index contributed by atoms with van der Waals surface area (Å²) in [6.45, 7) is 0.974. The van der Waals surface area contributed by atoms with Crippen LogP contribution >= 0.6 is 0 Å². The number of hydrogen-bond acceptors (Lipinski definition) is 4. The van der Waals surface area contributed by atoms with Gasteiger partial charge in [0.25, 0.3) is 17.4 Å². The van der Waals surface area contributed by atoms with Crippen molar-refractivity contribution in [1.82, 2.24) is 5.32 Å². The molecule has 0 bridgehead atoms. The number of rotatable bonds is 3. The Kier molecular flexibility index (Phi) is 3.12. The number of amides is 3. The van der Waals surface area contributed by atoms with Crippen LogP contribution in [0.2, 0.25) is 0 Å². The number of nitrogens with two attached hydrogens (primary N) is 1. The lowest BCUT2D eigenvalue weighted by molar-refractivity contribution is -0.147. The molecular weight excluding hydrogens is 250 g/mol. The minimum Gasteiger partial charge on any atom is -0.466 e.